The average molecular weight is 200 g/mol. The van der Waals surface area contributed by atoms with E-state index in [1.54, 1.807) is 0 Å². The highest BCUT2D eigenvalue weighted by molar-refractivity contribution is 5.89. The van der Waals surface area contributed by atoms with Crippen molar-refractivity contribution >= 4 is 12.2 Å². The van der Waals surface area contributed by atoms with Gasteiger partial charge in [0.15, 0.2) is 5.70 Å². The maximum Gasteiger partial charge on any atom is 0.358 e. The summed E-state index contributed by atoms with van der Waals surface area (Å²) in [5, 5.41) is 27.7. The van der Waals surface area contributed by atoms with Gasteiger partial charge < -0.3 is 10.2 Å². The molecule has 0 amide bonds. The predicted molar refractivity (Wildman–Crippen MR) is 47.6 cm³/mol. The number of aliphatic imine (C=N–C) groups is 1. The molecule has 0 aromatic heterocycles. The largest absolute Gasteiger partial charge is 0.500 e. The molecule has 7 heteroatoms. The van der Waals surface area contributed by atoms with E-state index in [2.05, 4.69) is 11.6 Å². The Morgan fingerprint density at radius 1 is 1.57 bits per heavy atom. The van der Waals surface area contributed by atoms with Gasteiger partial charge in [-0.2, -0.15) is 0 Å². The average Bonchev–Trinajstić information content (AvgIpc) is 2.11. The summed E-state index contributed by atoms with van der Waals surface area (Å²) >= 11 is 0. The van der Waals surface area contributed by atoms with Gasteiger partial charge in [0.1, 0.15) is 0 Å². The summed E-state index contributed by atoms with van der Waals surface area (Å²) in [4.78, 5) is 22.9. The van der Waals surface area contributed by atoms with Crippen LogP contribution in [-0.4, -0.2) is 27.3 Å². The first-order valence-corrected chi connectivity index (χ1v) is 3.40. The van der Waals surface area contributed by atoms with E-state index < -0.39 is 28.0 Å². The van der Waals surface area contributed by atoms with Crippen molar-refractivity contribution in [1.29, 1.82) is 0 Å². The number of hydrogen-bond donors (Lipinski definition) is 2. The first kappa shape index (κ1) is 11.8. The third-order valence-corrected chi connectivity index (χ3v) is 1.18. The van der Waals surface area contributed by atoms with Crippen molar-refractivity contribution in [3.05, 3.63) is 33.8 Å². The van der Waals surface area contributed by atoms with Gasteiger partial charge in [0.2, 0.25) is 5.76 Å². The summed E-state index contributed by atoms with van der Waals surface area (Å²) in [6.45, 7) is 4.30. The Morgan fingerprint density at radius 3 is 2.36 bits per heavy atom. The molecule has 0 bridgehead atoms. The Kier molecular flexibility index (Phi) is 4.01. The molecule has 0 heterocycles. The lowest BCUT2D eigenvalue weighted by molar-refractivity contribution is -0.423. The van der Waals surface area contributed by atoms with Gasteiger partial charge >= 0.3 is 11.7 Å². The molecular weight excluding hydrogens is 192 g/mol. The second-order valence-corrected chi connectivity index (χ2v) is 2.09. The number of nitro groups is 1. The Balaban J connectivity index is 5.30. The third-order valence-electron chi connectivity index (χ3n) is 1.18. The number of rotatable bonds is 4. The summed E-state index contributed by atoms with van der Waals surface area (Å²) in [5.74, 6) is -2.62. The van der Waals surface area contributed by atoms with Crippen LogP contribution in [0.5, 0.6) is 0 Å². The minimum Gasteiger partial charge on any atom is -0.500 e. The highest BCUT2D eigenvalue weighted by atomic mass is 16.6. The van der Waals surface area contributed by atoms with Gasteiger partial charge in [-0.1, -0.05) is 0 Å². The first-order chi connectivity index (χ1) is 6.41. The highest BCUT2D eigenvalue weighted by Crippen LogP contribution is 2.12. The SMILES string of the molecule is C=C(/C(O)=C(\N=CC)C(=O)O)[N+](=O)[O-]. The number of aliphatic carboxylic acids is 1. The Labute approximate surface area is 78.8 Å². The molecule has 0 atom stereocenters. The molecular formula is C7H8N2O5. The van der Waals surface area contributed by atoms with E-state index >= 15 is 0 Å². The standard InChI is InChI=1S/C7H8N2O5/c1-3-8-5(7(11)12)6(10)4(2)9(13)14/h3,10H,2H2,1H3,(H,11,12)/b6-5+,8-3?. The Hall–Kier alpha value is -2.18. The van der Waals surface area contributed by atoms with E-state index in [4.69, 9.17) is 10.2 Å². The molecule has 0 fully saturated rings. The van der Waals surface area contributed by atoms with Crippen LogP contribution in [0.2, 0.25) is 0 Å². The molecule has 2 N–H and O–H groups in total. The highest BCUT2D eigenvalue weighted by Gasteiger charge is 2.22. The Morgan fingerprint density at radius 2 is 2.07 bits per heavy atom. The van der Waals surface area contributed by atoms with E-state index in [9.17, 15) is 14.9 Å². The van der Waals surface area contributed by atoms with Crippen molar-refractivity contribution in [3.63, 3.8) is 0 Å². The summed E-state index contributed by atoms with van der Waals surface area (Å²) < 4.78 is 0. The quantitative estimate of drug-likeness (QED) is 0.173. The number of nitrogens with zero attached hydrogens (tertiary/aromatic N) is 2. The monoisotopic (exact) mass is 200 g/mol. The van der Waals surface area contributed by atoms with Gasteiger partial charge in [-0.05, 0) is 13.5 Å². The van der Waals surface area contributed by atoms with E-state index in [0.29, 0.717) is 0 Å². The van der Waals surface area contributed by atoms with Crippen LogP contribution < -0.4 is 0 Å². The molecule has 0 saturated carbocycles. The number of hydrogen-bond acceptors (Lipinski definition) is 5. The van der Waals surface area contributed by atoms with Crippen LogP contribution in [0.3, 0.4) is 0 Å². The number of aliphatic hydroxyl groups is 1. The summed E-state index contributed by atoms with van der Waals surface area (Å²) in [6, 6.07) is 0. The third kappa shape index (κ3) is 2.70. The molecule has 0 saturated heterocycles. The molecule has 7 nitrogen and oxygen atoms in total. The molecule has 14 heavy (non-hydrogen) atoms. The molecule has 0 aliphatic rings. The molecule has 0 aliphatic carbocycles. The zero-order chi connectivity index (χ0) is 11.3. The van der Waals surface area contributed by atoms with Gasteiger partial charge in [-0.15, -0.1) is 0 Å². The van der Waals surface area contributed by atoms with Crippen molar-refractivity contribution in [2.75, 3.05) is 0 Å². The van der Waals surface area contributed by atoms with Gasteiger partial charge in [-0.25, -0.2) is 4.79 Å². The van der Waals surface area contributed by atoms with E-state index in [1.165, 1.54) is 6.92 Å². The van der Waals surface area contributed by atoms with Crippen LogP contribution >= 0.6 is 0 Å². The molecule has 0 rings (SSSR count). The van der Waals surface area contributed by atoms with Gasteiger partial charge in [0, 0.05) is 6.21 Å². The number of carboxylic acid groups (broad SMARTS) is 1. The normalized spacial score (nSPS) is 12.4. The number of aliphatic hydroxyl groups excluding tert-OH is 1. The van der Waals surface area contributed by atoms with Gasteiger partial charge in [0.05, 0.1) is 4.92 Å². The molecule has 76 valence electrons. The van der Waals surface area contributed by atoms with E-state index in [1.807, 2.05) is 0 Å². The fourth-order valence-electron chi connectivity index (χ4n) is 0.570. The molecule has 0 aromatic carbocycles. The first-order valence-electron chi connectivity index (χ1n) is 3.40. The summed E-state index contributed by atoms with van der Waals surface area (Å²) in [6.07, 6.45) is 1.09. The molecule has 0 unspecified atom stereocenters. The Bertz CT molecular complexity index is 342. The molecule has 0 aliphatic heterocycles. The molecule has 0 spiro atoms. The fourth-order valence-corrected chi connectivity index (χ4v) is 0.570. The summed E-state index contributed by atoms with van der Waals surface area (Å²) in [7, 11) is 0. The molecule has 0 radical (unpaired) electrons. The van der Waals surface area contributed by atoms with Crippen molar-refractivity contribution in [2.45, 2.75) is 6.92 Å². The summed E-state index contributed by atoms with van der Waals surface area (Å²) in [5.41, 5.74) is -1.72. The maximum atomic E-state index is 10.5. The second kappa shape index (κ2) is 4.75. The smallest absolute Gasteiger partial charge is 0.358 e. The van der Waals surface area contributed by atoms with Crippen LogP contribution in [0.15, 0.2) is 28.7 Å². The van der Waals surface area contributed by atoms with Crippen molar-refractivity contribution in [3.8, 4) is 0 Å². The van der Waals surface area contributed by atoms with Crippen LogP contribution in [-0.2, 0) is 4.79 Å². The number of carboxylic acids is 1. The zero-order valence-electron chi connectivity index (χ0n) is 7.30. The number of carbonyl (C=O) groups is 1. The van der Waals surface area contributed by atoms with Crippen molar-refractivity contribution in [1.82, 2.24) is 0 Å². The maximum absolute atomic E-state index is 10.5. The fraction of sp³-hybridized carbons (Fsp3) is 0.143. The van der Waals surface area contributed by atoms with Crippen LogP contribution in [0, 0.1) is 10.1 Å². The van der Waals surface area contributed by atoms with Crippen molar-refractivity contribution < 1.29 is 19.9 Å². The zero-order valence-corrected chi connectivity index (χ0v) is 7.30. The van der Waals surface area contributed by atoms with Crippen LogP contribution in [0.25, 0.3) is 0 Å². The lowest BCUT2D eigenvalue weighted by Crippen LogP contribution is -2.08. The predicted octanol–water partition coefficient (Wildman–Crippen LogP) is 0.722. The lowest BCUT2D eigenvalue weighted by atomic mass is 10.3. The van der Waals surface area contributed by atoms with Crippen molar-refractivity contribution in [2.24, 2.45) is 4.99 Å². The second-order valence-electron chi connectivity index (χ2n) is 2.09. The minimum atomic E-state index is -1.57. The van der Waals surface area contributed by atoms with Crippen LogP contribution in [0.4, 0.5) is 0 Å². The lowest BCUT2D eigenvalue weighted by Gasteiger charge is -1.98. The van der Waals surface area contributed by atoms with Gasteiger partial charge in [-0.3, -0.25) is 15.1 Å². The van der Waals surface area contributed by atoms with Gasteiger partial charge in [0.25, 0.3) is 0 Å². The van der Waals surface area contributed by atoms with Crippen LogP contribution in [0.1, 0.15) is 6.92 Å². The topological polar surface area (TPSA) is 113 Å². The van der Waals surface area contributed by atoms with E-state index in [-0.39, 0.29) is 0 Å². The van der Waals surface area contributed by atoms with E-state index in [0.717, 1.165) is 6.21 Å². The molecule has 0 aromatic rings. The minimum absolute atomic E-state index is 0.811.